The van der Waals surface area contributed by atoms with Crippen molar-refractivity contribution in [2.45, 2.75) is 33.7 Å². The Morgan fingerprint density at radius 2 is 1.89 bits per heavy atom. The minimum absolute atomic E-state index is 0.0893. The molecule has 3 aliphatic rings. The maximum atomic E-state index is 13.5. The van der Waals surface area contributed by atoms with E-state index in [1.54, 1.807) is 29.5 Å². The van der Waals surface area contributed by atoms with Gasteiger partial charge in [0.05, 0.1) is 11.4 Å². The van der Waals surface area contributed by atoms with Crippen LogP contribution in [0, 0.1) is 30.1 Å². The summed E-state index contributed by atoms with van der Waals surface area (Å²) in [6.45, 7) is 8.28. The second kappa shape index (κ2) is 9.88. The molecule has 2 unspecified atom stereocenters. The third-order valence-electron chi connectivity index (χ3n) is 7.06. The van der Waals surface area contributed by atoms with Gasteiger partial charge in [0.2, 0.25) is 6.79 Å². The normalized spacial score (nSPS) is 22.2. The standard InChI is InChI=1S/C27H28N4O4S2/c1-15-7-16(2)12-30(11-15)24-19(17(3)20(10-28)25(32)29(24)4)9-23-26(33)31(27(36)37-23)13-18-5-6-21-22(8-18)35-14-34-21/h5-6,8-9,15-16H,7,11-14H2,1-4H3. The van der Waals surface area contributed by atoms with Gasteiger partial charge in [-0.2, -0.15) is 5.26 Å². The first-order chi connectivity index (χ1) is 17.7. The number of aromatic nitrogens is 1. The molecular formula is C27H28N4O4S2. The molecule has 37 heavy (non-hydrogen) atoms. The summed E-state index contributed by atoms with van der Waals surface area (Å²) in [5.74, 6) is 2.79. The Labute approximate surface area is 225 Å². The van der Waals surface area contributed by atoms with E-state index >= 15 is 0 Å². The third kappa shape index (κ3) is 4.62. The third-order valence-corrected chi connectivity index (χ3v) is 8.44. The zero-order chi connectivity index (χ0) is 26.4. The fraction of sp³-hybridized carbons (Fsp3) is 0.407. The van der Waals surface area contributed by atoms with Crippen molar-refractivity contribution in [1.29, 1.82) is 5.26 Å². The van der Waals surface area contributed by atoms with Gasteiger partial charge in [-0.05, 0) is 54.5 Å². The van der Waals surface area contributed by atoms with Gasteiger partial charge in [-0.25, -0.2) is 0 Å². The maximum absolute atomic E-state index is 13.5. The molecule has 3 aliphatic heterocycles. The molecule has 0 aliphatic carbocycles. The van der Waals surface area contributed by atoms with Crippen molar-refractivity contribution in [3.8, 4) is 17.6 Å². The molecule has 0 N–H and O–H groups in total. The van der Waals surface area contributed by atoms with Gasteiger partial charge >= 0.3 is 0 Å². The number of amides is 1. The summed E-state index contributed by atoms with van der Waals surface area (Å²) < 4.78 is 12.9. The molecule has 0 spiro atoms. The number of pyridine rings is 1. The SMILES string of the molecule is Cc1c(C=C2SC(=S)N(Cc3ccc4c(c3)OCO4)C2=O)c(N2CC(C)CC(C)C2)n(C)c(=O)c1C#N. The fourth-order valence-corrected chi connectivity index (χ4v) is 6.66. The summed E-state index contributed by atoms with van der Waals surface area (Å²) in [4.78, 5) is 30.8. The topological polar surface area (TPSA) is 87.8 Å². The molecule has 10 heteroatoms. The van der Waals surface area contributed by atoms with Gasteiger partial charge in [-0.1, -0.05) is 43.9 Å². The lowest BCUT2D eigenvalue weighted by atomic mass is 9.91. The van der Waals surface area contributed by atoms with Gasteiger partial charge in [0.15, 0.2) is 11.5 Å². The lowest BCUT2D eigenvalue weighted by Gasteiger charge is -2.38. The van der Waals surface area contributed by atoms with Crippen LogP contribution in [0.5, 0.6) is 11.5 Å². The summed E-state index contributed by atoms with van der Waals surface area (Å²) in [6.07, 6.45) is 2.92. The average Bonchev–Trinajstić information content (AvgIpc) is 3.42. The lowest BCUT2D eigenvalue weighted by Crippen LogP contribution is -2.42. The Kier molecular flexibility index (Phi) is 6.77. The van der Waals surface area contributed by atoms with Crippen LogP contribution in [0.1, 0.15) is 42.5 Å². The highest BCUT2D eigenvalue weighted by Crippen LogP contribution is 2.39. The molecule has 0 bridgehead atoms. The van der Waals surface area contributed by atoms with Crippen LogP contribution in [-0.2, 0) is 18.4 Å². The van der Waals surface area contributed by atoms with Crippen molar-refractivity contribution in [2.24, 2.45) is 18.9 Å². The number of carbonyl (C=O) groups excluding carboxylic acids is 1. The summed E-state index contributed by atoms with van der Waals surface area (Å²) in [6, 6.07) is 7.65. The van der Waals surface area contributed by atoms with Crippen LogP contribution in [0.15, 0.2) is 27.9 Å². The molecular weight excluding hydrogens is 508 g/mol. The van der Waals surface area contributed by atoms with Gasteiger partial charge in [-0.15, -0.1) is 0 Å². The molecule has 2 atom stereocenters. The van der Waals surface area contributed by atoms with Crippen LogP contribution >= 0.6 is 24.0 Å². The highest BCUT2D eigenvalue weighted by Gasteiger charge is 2.34. The molecule has 4 heterocycles. The van der Waals surface area contributed by atoms with Gasteiger partial charge in [0.1, 0.15) is 21.8 Å². The number of thioether (sulfide) groups is 1. The first-order valence-electron chi connectivity index (χ1n) is 12.2. The van der Waals surface area contributed by atoms with E-state index in [1.165, 1.54) is 11.8 Å². The number of thiocarbonyl (C=S) groups is 1. The molecule has 0 radical (unpaired) electrons. The molecule has 192 valence electrons. The Bertz CT molecular complexity index is 1430. The summed E-state index contributed by atoms with van der Waals surface area (Å²) in [7, 11) is 1.70. The Morgan fingerprint density at radius 1 is 1.19 bits per heavy atom. The quantitative estimate of drug-likeness (QED) is 0.425. The summed E-state index contributed by atoms with van der Waals surface area (Å²) in [5, 5.41) is 9.74. The molecule has 2 aromatic rings. The van der Waals surface area contributed by atoms with Crippen LogP contribution in [0.2, 0.25) is 0 Å². The predicted molar refractivity (Wildman–Crippen MR) is 148 cm³/mol. The van der Waals surface area contributed by atoms with Crippen molar-refractivity contribution in [1.82, 2.24) is 9.47 Å². The van der Waals surface area contributed by atoms with Crippen LogP contribution in [0.4, 0.5) is 5.82 Å². The van der Waals surface area contributed by atoms with E-state index in [2.05, 4.69) is 24.8 Å². The van der Waals surface area contributed by atoms with E-state index in [0.29, 0.717) is 50.2 Å². The highest BCUT2D eigenvalue weighted by atomic mass is 32.2. The second-order valence-electron chi connectivity index (χ2n) is 10.0. The molecule has 0 saturated carbocycles. The first-order valence-corrected chi connectivity index (χ1v) is 13.4. The number of fused-ring (bicyclic) bond motifs is 1. The number of benzene rings is 1. The zero-order valence-electron chi connectivity index (χ0n) is 21.2. The van der Waals surface area contributed by atoms with Crippen molar-refractivity contribution < 1.29 is 14.3 Å². The average molecular weight is 537 g/mol. The van der Waals surface area contributed by atoms with Gasteiger partial charge < -0.3 is 14.4 Å². The fourth-order valence-electron chi connectivity index (χ4n) is 5.42. The minimum atomic E-state index is -0.326. The minimum Gasteiger partial charge on any atom is -0.454 e. The molecule has 1 aromatic heterocycles. The van der Waals surface area contributed by atoms with E-state index in [9.17, 15) is 14.9 Å². The summed E-state index contributed by atoms with van der Waals surface area (Å²) in [5.41, 5.74) is 1.93. The number of carbonyl (C=O) groups is 1. The van der Waals surface area contributed by atoms with E-state index in [1.807, 2.05) is 18.2 Å². The molecule has 8 nitrogen and oxygen atoms in total. The lowest BCUT2D eigenvalue weighted by molar-refractivity contribution is -0.122. The van der Waals surface area contributed by atoms with E-state index in [-0.39, 0.29) is 23.8 Å². The Morgan fingerprint density at radius 3 is 2.59 bits per heavy atom. The molecule has 2 fully saturated rings. The number of hydrogen-bond donors (Lipinski definition) is 0. The highest BCUT2D eigenvalue weighted by molar-refractivity contribution is 8.26. The van der Waals surface area contributed by atoms with E-state index < -0.39 is 0 Å². The van der Waals surface area contributed by atoms with Crippen LogP contribution in [0.25, 0.3) is 6.08 Å². The van der Waals surface area contributed by atoms with Crippen molar-refractivity contribution in [2.75, 3.05) is 24.8 Å². The zero-order valence-corrected chi connectivity index (χ0v) is 22.9. The molecule has 1 amide bonds. The smallest absolute Gasteiger partial charge is 0.270 e. The van der Waals surface area contributed by atoms with Crippen LogP contribution in [0.3, 0.4) is 0 Å². The molecule has 2 saturated heterocycles. The van der Waals surface area contributed by atoms with Gasteiger partial charge in [0, 0.05) is 25.7 Å². The monoisotopic (exact) mass is 536 g/mol. The maximum Gasteiger partial charge on any atom is 0.270 e. The van der Waals surface area contributed by atoms with E-state index in [4.69, 9.17) is 21.7 Å². The molecule has 1 aromatic carbocycles. The first kappa shape index (κ1) is 25.4. The van der Waals surface area contributed by atoms with Crippen LogP contribution < -0.4 is 19.9 Å². The molecule has 5 rings (SSSR count). The largest absolute Gasteiger partial charge is 0.454 e. The number of ether oxygens (including phenoxy) is 2. The Hall–Kier alpha value is -3.29. The van der Waals surface area contributed by atoms with Crippen molar-refractivity contribution >= 4 is 46.1 Å². The number of rotatable bonds is 4. The number of piperidine rings is 1. The van der Waals surface area contributed by atoms with Gasteiger partial charge in [-0.3, -0.25) is 19.1 Å². The van der Waals surface area contributed by atoms with Gasteiger partial charge in [0.25, 0.3) is 11.5 Å². The van der Waals surface area contributed by atoms with Crippen molar-refractivity contribution in [3.63, 3.8) is 0 Å². The number of nitrogens with zero attached hydrogens (tertiary/aromatic N) is 4. The second-order valence-corrected chi connectivity index (χ2v) is 11.7. The van der Waals surface area contributed by atoms with Crippen LogP contribution in [-0.4, -0.2) is 39.6 Å². The number of hydrogen-bond acceptors (Lipinski definition) is 8. The van der Waals surface area contributed by atoms with E-state index in [0.717, 1.165) is 30.9 Å². The van der Waals surface area contributed by atoms with Crippen molar-refractivity contribution in [3.05, 3.63) is 55.7 Å². The predicted octanol–water partition coefficient (Wildman–Crippen LogP) is 4.18. The Balaban J connectivity index is 1.53. The number of nitriles is 1. The summed E-state index contributed by atoms with van der Waals surface area (Å²) >= 11 is 6.81. The number of anilines is 1.